The van der Waals surface area contributed by atoms with Crippen molar-refractivity contribution < 1.29 is 19.0 Å². The topological polar surface area (TPSA) is 60.0 Å². The second kappa shape index (κ2) is 6.79. The lowest BCUT2D eigenvalue weighted by atomic mass is 10.1. The maximum absolute atomic E-state index is 11.8. The van der Waals surface area contributed by atoms with Gasteiger partial charge in [0.1, 0.15) is 18.8 Å². The highest BCUT2D eigenvalue weighted by Crippen LogP contribution is 2.35. The van der Waals surface area contributed by atoms with Crippen LogP contribution >= 0.6 is 0 Å². The van der Waals surface area contributed by atoms with Crippen LogP contribution < -0.4 is 19.7 Å². The lowest BCUT2D eigenvalue weighted by Gasteiger charge is -2.23. The lowest BCUT2D eigenvalue weighted by Crippen LogP contribution is -2.36. The van der Waals surface area contributed by atoms with Gasteiger partial charge in [0.2, 0.25) is 0 Å². The van der Waals surface area contributed by atoms with Crippen LogP contribution in [0.4, 0.5) is 10.5 Å². The van der Waals surface area contributed by atoms with Crippen molar-refractivity contribution in [2.24, 2.45) is 5.92 Å². The van der Waals surface area contributed by atoms with E-state index in [4.69, 9.17) is 14.2 Å². The summed E-state index contributed by atoms with van der Waals surface area (Å²) >= 11 is 0. The second-order valence-electron chi connectivity index (χ2n) is 7.31. The molecule has 0 spiro atoms. The van der Waals surface area contributed by atoms with Gasteiger partial charge in [-0.15, -0.1) is 0 Å². The summed E-state index contributed by atoms with van der Waals surface area (Å²) in [5, 5.41) is 2.87. The highest BCUT2D eigenvalue weighted by molar-refractivity contribution is 5.67. The quantitative estimate of drug-likeness (QED) is 0.921. The molecule has 1 aromatic carbocycles. The van der Waals surface area contributed by atoms with Crippen LogP contribution in [0.5, 0.6) is 11.5 Å². The molecule has 6 heteroatoms. The van der Waals surface area contributed by atoms with Crippen molar-refractivity contribution >= 4 is 11.8 Å². The normalized spacial score (nSPS) is 20.0. The summed E-state index contributed by atoms with van der Waals surface area (Å²) in [5.74, 6) is 2.05. The smallest absolute Gasteiger partial charge is 0.407 e. The van der Waals surface area contributed by atoms with Crippen LogP contribution in [0.2, 0.25) is 0 Å². The van der Waals surface area contributed by atoms with E-state index in [2.05, 4.69) is 16.3 Å². The molecule has 1 aromatic rings. The first kappa shape index (κ1) is 16.7. The van der Waals surface area contributed by atoms with Gasteiger partial charge in [0.15, 0.2) is 11.5 Å². The molecule has 2 heterocycles. The van der Waals surface area contributed by atoms with Crippen molar-refractivity contribution in [1.29, 1.82) is 0 Å². The van der Waals surface area contributed by atoms with Gasteiger partial charge in [-0.1, -0.05) is 0 Å². The van der Waals surface area contributed by atoms with Gasteiger partial charge in [-0.2, -0.15) is 0 Å². The van der Waals surface area contributed by atoms with Crippen LogP contribution in [0.15, 0.2) is 18.2 Å². The van der Waals surface area contributed by atoms with Crippen molar-refractivity contribution in [2.45, 2.75) is 32.8 Å². The van der Waals surface area contributed by atoms with E-state index < -0.39 is 5.60 Å². The van der Waals surface area contributed by atoms with E-state index in [9.17, 15) is 4.79 Å². The van der Waals surface area contributed by atoms with E-state index in [1.54, 1.807) is 0 Å². The number of benzene rings is 1. The molecule has 132 valence electrons. The maximum Gasteiger partial charge on any atom is 0.407 e. The van der Waals surface area contributed by atoms with E-state index in [-0.39, 0.29) is 6.09 Å². The van der Waals surface area contributed by atoms with Gasteiger partial charge < -0.3 is 24.4 Å². The number of anilines is 1. The molecule has 0 radical (unpaired) electrons. The van der Waals surface area contributed by atoms with E-state index in [1.165, 1.54) is 0 Å². The Morgan fingerprint density at radius 1 is 1.29 bits per heavy atom. The predicted molar refractivity (Wildman–Crippen MR) is 92.0 cm³/mol. The third kappa shape index (κ3) is 4.24. The van der Waals surface area contributed by atoms with Gasteiger partial charge in [0, 0.05) is 31.4 Å². The number of amides is 1. The number of hydrogen-bond donors (Lipinski definition) is 1. The first-order chi connectivity index (χ1) is 11.4. The molecule has 0 aliphatic carbocycles. The number of nitrogens with zero attached hydrogens (tertiary/aromatic N) is 1. The van der Waals surface area contributed by atoms with Gasteiger partial charge in [0.05, 0.1) is 0 Å². The number of nitrogens with one attached hydrogen (secondary N) is 1. The molecular formula is C18H26N2O4. The fraction of sp³-hybridized carbons (Fsp3) is 0.611. The van der Waals surface area contributed by atoms with Crippen LogP contribution in [-0.2, 0) is 4.74 Å². The monoisotopic (exact) mass is 334 g/mol. The molecule has 1 N–H and O–H groups in total. The van der Waals surface area contributed by atoms with Gasteiger partial charge in [-0.05, 0) is 45.2 Å². The average molecular weight is 334 g/mol. The van der Waals surface area contributed by atoms with Crippen molar-refractivity contribution in [1.82, 2.24) is 5.32 Å². The standard InChI is InChI=1S/C18H26N2O4/c1-18(2,3)24-17(21)19-11-13-6-7-20(12-13)14-4-5-15-16(10-14)23-9-8-22-15/h4-5,10,13H,6-9,11-12H2,1-3H3,(H,19,21). The Balaban J connectivity index is 1.51. The third-order valence-corrected chi connectivity index (χ3v) is 4.11. The molecule has 1 unspecified atom stereocenters. The summed E-state index contributed by atoms with van der Waals surface area (Å²) in [4.78, 5) is 14.1. The number of rotatable bonds is 3. The second-order valence-corrected chi connectivity index (χ2v) is 7.31. The molecule has 24 heavy (non-hydrogen) atoms. The van der Waals surface area contributed by atoms with Gasteiger partial charge in [-0.3, -0.25) is 0 Å². The van der Waals surface area contributed by atoms with Crippen molar-refractivity contribution in [3.05, 3.63) is 18.2 Å². The molecule has 2 aliphatic heterocycles. The zero-order valence-corrected chi connectivity index (χ0v) is 14.6. The Morgan fingerprint density at radius 2 is 2.04 bits per heavy atom. The minimum absolute atomic E-state index is 0.347. The number of hydrogen-bond acceptors (Lipinski definition) is 5. The Bertz CT molecular complexity index is 597. The van der Waals surface area contributed by atoms with E-state index in [0.717, 1.165) is 36.7 Å². The van der Waals surface area contributed by atoms with E-state index in [1.807, 2.05) is 32.9 Å². The molecule has 3 rings (SSSR count). The Hall–Kier alpha value is -2.11. The predicted octanol–water partition coefficient (Wildman–Crippen LogP) is 2.81. The highest BCUT2D eigenvalue weighted by atomic mass is 16.6. The molecule has 2 aliphatic rings. The van der Waals surface area contributed by atoms with Gasteiger partial charge in [-0.25, -0.2) is 4.79 Å². The molecule has 0 aromatic heterocycles. The molecule has 1 atom stereocenters. The van der Waals surface area contributed by atoms with Crippen LogP contribution in [0.25, 0.3) is 0 Å². The Morgan fingerprint density at radius 3 is 2.79 bits per heavy atom. The zero-order chi connectivity index (χ0) is 17.2. The molecular weight excluding hydrogens is 308 g/mol. The fourth-order valence-corrected chi connectivity index (χ4v) is 3.00. The molecule has 1 amide bonds. The number of carbonyl (C=O) groups is 1. The number of fused-ring (bicyclic) bond motifs is 1. The Kier molecular flexibility index (Phi) is 4.73. The number of carbonyl (C=O) groups excluding carboxylic acids is 1. The minimum Gasteiger partial charge on any atom is -0.486 e. The third-order valence-electron chi connectivity index (χ3n) is 4.11. The van der Waals surface area contributed by atoms with Crippen molar-refractivity contribution in [3.8, 4) is 11.5 Å². The summed E-state index contributed by atoms with van der Waals surface area (Å²) in [7, 11) is 0. The maximum atomic E-state index is 11.8. The first-order valence-electron chi connectivity index (χ1n) is 8.52. The van der Waals surface area contributed by atoms with Crippen LogP contribution in [-0.4, -0.2) is 44.5 Å². The summed E-state index contributed by atoms with van der Waals surface area (Å²) in [6.07, 6.45) is 0.699. The van der Waals surface area contributed by atoms with E-state index >= 15 is 0 Å². The summed E-state index contributed by atoms with van der Waals surface area (Å²) in [6, 6.07) is 6.07. The van der Waals surface area contributed by atoms with Gasteiger partial charge in [0.25, 0.3) is 0 Å². The van der Waals surface area contributed by atoms with Crippen LogP contribution in [0, 0.1) is 5.92 Å². The Labute approximate surface area is 143 Å². The lowest BCUT2D eigenvalue weighted by molar-refractivity contribution is 0.0520. The minimum atomic E-state index is -0.461. The zero-order valence-electron chi connectivity index (χ0n) is 14.6. The largest absolute Gasteiger partial charge is 0.486 e. The fourth-order valence-electron chi connectivity index (χ4n) is 3.00. The van der Waals surface area contributed by atoms with Crippen LogP contribution in [0.3, 0.4) is 0 Å². The summed E-state index contributed by atoms with van der Waals surface area (Å²) < 4.78 is 16.5. The van der Waals surface area contributed by atoms with Gasteiger partial charge >= 0.3 is 6.09 Å². The molecule has 0 saturated carbocycles. The average Bonchev–Trinajstić information content (AvgIpc) is 3.00. The number of ether oxygens (including phenoxy) is 3. The summed E-state index contributed by atoms with van der Waals surface area (Å²) in [5.41, 5.74) is 0.677. The molecule has 0 bridgehead atoms. The number of alkyl carbamates (subject to hydrolysis) is 1. The first-order valence-corrected chi connectivity index (χ1v) is 8.52. The van der Waals surface area contributed by atoms with Crippen molar-refractivity contribution in [2.75, 3.05) is 37.7 Å². The van der Waals surface area contributed by atoms with E-state index in [0.29, 0.717) is 25.7 Å². The summed E-state index contributed by atoms with van der Waals surface area (Å²) in [6.45, 7) is 9.32. The molecule has 1 fully saturated rings. The van der Waals surface area contributed by atoms with Crippen molar-refractivity contribution in [3.63, 3.8) is 0 Å². The molecule has 1 saturated heterocycles. The molecule has 6 nitrogen and oxygen atoms in total. The SMILES string of the molecule is CC(C)(C)OC(=O)NCC1CCN(c2ccc3c(c2)OCCO3)C1. The van der Waals surface area contributed by atoms with Crippen LogP contribution in [0.1, 0.15) is 27.2 Å². The highest BCUT2D eigenvalue weighted by Gasteiger charge is 2.25.